The van der Waals surface area contributed by atoms with E-state index in [1.54, 1.807) is 36.4 Å². The summed E-state index contributed by atoms with van der Waals surface area (Å²) in [5.74, 6) is 0.157. The third-order valence-corrected chi connectivity index (χ3v) is 4.19. The van der Waals surface area contributed by atoms with Crippen LogP contribution in [0, 0.1) is 5.41 Å². The van der Waals surface area contributed by atoms with Gasteiger partial charge in [0.25, 0.3) is 5.91 Å². The van der Waals surface area contributed by atoms with Crippen LogP contribution in [-0.4, -0.2) is 29.9 Å². The number of hydrogen-bond acceptors (Lipinski definition) is 3. The molecule has 0 unspecified atom stereocenters. The fourth-order valence-corrected chi connectivity index (χ4v) is 2.53. The number of unbranched alkanes of at least 4 members (excludes halogenated alkanes) is 1. The lowest BCUT2D eigenvalue weighted by Gasteiger charge is -2.21. The molecule has 5 nitrogen and oxygen atoms in total. The summed E-state index contributed by atoms with van der Waals surface area (Å²) in [6.07, 6.45) is 2.64. The number of nitrogens with one attached hydrogen (secondary N) is 1. The first kappa shape index (κ1) is 19.8. The van der Waals surface area contributed by atoms with E-state index in [1.807, 2.05) is 12.1 Å². The number of carbonyl (C=O) groups excluding carboxylic acids is 1. The van der Waals surface area contributed by atoms with E-state index in [0.29, 0.717) is 30.2 Å². The Morgan fingerprint density at radius 2 is 1.81 bits per heavy atom. The van der Waals surface area contributed by atoms with E-state index in [9.17, 15) is 4.79 Å². The third-order valence-electron chi connectivity index (χ3n) is 3.94. The molecule has 6 heteroatoms. The Balaban J connectivity index is 2.00. The Morgan fingerprint density at radius 3 is 2.38 bits per heavy atom. The molecule has 0 radical (unpaired) electrons. The van der Waals surface area contributed by atoms with Gasteiger partial charge in [-0.1, -0.05) is 37.1 Å². The highest BCUT2D eigenvalue weighted by atomic mass is 35.5. The summed E-state index contributed by atoms with van der Waals surface area (Å²) in [5.41, 5.74) is 7.11. The second kappa shape index (κ2) is 9.82. The highest BCUT2D eigenvalue weighted by Crippen LogP contribution is 2.15. The van der Waals surface area contributed by atoms with Crippen molar-refractivity contribution in [1.29, 1.82) is 5.41 Å². The van der Waals surface area contributed by atoms with Crippen LogP contribution >= 0.6 is 11.6 Å². The van der Waals surface area contributed by atoms with Gasteiger partial charge in [-0.2, -0.15) is 0 Å². The topological polar surface area (TPSA) is 79.4 Å². The first-order valence-corrected chi connectivity index (χ1v) is 9.02. The molecule has 138 valence electrons. The molecule has 0 bridgehead atoms. The largest absolute Gasteiger partial charge is 0.494 e. The predicted molar refractivity (Wildman–Crippen MR) is 105 cm³/mol. The Bertz CT molecular complexity index is 730. The maximum absolute atomic E-state index is 12.7. The average molecular weight is 374 g/mol. The van der Waals surface area contributed by atoms with Crippen molar-refractivity contribution in [1.82, 2.24) is 4.90 Å². The van der Waals surface area contributed by atoms with Gasteiger partial charge >= 0.3 is 0 Å². The molecule has 0 aliphatic heterocycles. The minimum absolute atomic E-state index is 0.271. The van der Waals surface area contributed by atoms with Crippen molar-refractivity contribution in [3.63, 3.8) is 0 Å². The van der Waals surface area contributed by atoms with Crippen LogP contribution in [0.1, 0.15) is 35.7 Å². The van der Waals surface area contributed by atoms with E-state index in [1.165, 1.54) is 4.90 Å². The number of nitrogens with zero attached hydrogens (tertiary/aromatic N) is 1. The van der Waals surface area contributed by atoms with Gasteiger partial charge in [0.05, 0.1) is 6.61 Å². The smallest absolute Gasteiger partial charge is 0.260 e. The molecule has 0 aliphatic rings. The molecule has 0 atom stereocenters. The summed E-state index contributed by atoms with van der Waals surface area (Å²) in [5, 5.41) is 8.38. The Kier molecular flexibility index (Phi) is 7.48. The number of amides is 1. The van der Waals surface area contributed by atoms with E-state index in [2.05, 4.69) is 6.92 Å². The molecule has 2 aromatic rings. The quantitative estimate of drug-likeness (QED) is 0.415. The molecule has 0 heterocycles. The van der Waals surface area contributed by atoms with Crippen molar-refractivity contribution < 1.29 is 9.53 Å². The van der Waals surface area contributed by atoms with Gasteiger partial charge in [-0.05, 0) is 54.8 Å². The van der Waals surface area contributed by atoms with Crippen molar-refractivity contribution in [3.8, 4) is 5.75 Å². The van der Waals surface area contributed by atoms with E-state index in [0.717, 1.165) is 24.2 Å². The molecule has 0 spiro atoms. The summed E-state index contributed by atoms with van der Waals surface area (Å²) >= 11 is 5.88. The van der Waals surface area contributed by atoms with Crippen molar-refractivity contribution in [3.05, 3.63) is 64.7 Å². The van der Waals surface area contributed by atoms with Gasteiger partial charge in [0.2, 0.25) is 0 Å². The molecule has 0 aromatic heterocycles. The van der Waals surface area contributed by atoms with Gasteiger partial charge in [-0.3, -0.25) is 15.1 Å². The maximum atomic E-state index is 12.7. The number of benzene rings is 2. The zero-order valence-electron chi connectivity index (χ0n) is 14.9. The van der Waals surface area contributed by atoms with E-state index in [-0.39, 0.29) is 11.9 Å². The summed E-state index contributed by atoms with van der Waals surface area (Å²) < 4.78 is 5.60. The minimum Gasteiger partial charge on any atom is -0.494 e. The lowest BCUT2D eigenvalue weighted by atomic mass is 10.1. The van der Waals surface area contributed by atoms with Gasteiger partial charge in [0, 0.05) is 17.1 Å². The molecule has 0 aliphatic carbocycles. The second-order valence-electron chi connectivity index (χ2n) is 5.94. The first-order chi connectivity index (χ1) is 12.5. The van der Waals surface area contributed by atoms with Crippen molar-refractivity contribution in [2.24, 2.45) is 5.73 Å². The van der Waals surface area contributed by atoms with Gasteiger partial charge in [-0.25, -0.2) is 0 Å². The Morgan fingerprint density at radius 1 is 1.15 bits per heavy atom. The van der Waals surface area contributed by atoms with Crippen LogP contribution in [0.15, 0.2) is 48.5 Å². The molecule has 2 rings (SSSR count). The third kappa shape index (κ3) is 5.77. The minimum atomic E-state index is -0.299. The summed E-state index contributed by atoms with van der Waals surface area (Å²) in [6, 6.07) is 14.3. The highest BCUT2D eigenvalue weighted by molar-refractivity contribution is 6.30. The Hall–Kier alpha value is -2.53. The van der Waals surface area contributed by atoms with Crippen molar-refractivity contribution in [2.45, 2.75) is 26.2 Å². The molecule has 0 fully saturated rings. The van der Waals surface area contributed by atoms with E-state index in [4.69, 9.17) is 27.5 Å². The number of rotatable bonds is 8. The van der Waals surface area contributed by atoms with Gasteiger partial charge < -0.3 is 10.5 Å². The van der Waals surface area contributed by atoms with Crippen LogP contribution in [0.3, 0.4) is 0 Å². The van der Waals surface area contributed by atoms with Crippen LogP contribution in [0.2, 0.25) is 5.02 Å². The molecule has 0 saturated heterocycles. The predicted octanol–water partition coefficient (Wildman–Crippen LogP) is 4.10. The van der Waals surface area contributed by atoms with Gasteiger partial charge in [0.15, 0.2) is 5.96 Å². The lowest BCUT2D eigenvalue weighted by molar-refractivity contribution is 0.0846. The number of nitrogens with two attached hydrogens (primary N) is 1. The molecule has 0 saturated carbocycles. The molecule has 3 N–H and O–H groups in total. The number of guanidine groups is 1. The number of halogens is 1. The number of carbonyl (C=O) groups is 1. The first-order valence-electron chi connectivity index (χ1n) is 8.64. The molecular weight excluding hydrogens is 350 g/mol. The zero-order valence-corrected chi connectivity index (χ0v) is 15.6. The van der Waals surface area contributed by atoms with Crippen LogP contribution in [0.5, 0.6) is 5.75 Å². The van der Waals surface area contributed by atoms with Crippen LogP contribution < -0.4 is 10.5 Å². The average Bonchev–Trinajstić information content (AvgIpc) is 2.64. The normalized spacial score (nSPS) is 10.4. The molecule has 2 aromatic carbocycles. The second-order valence-corrected chi connectivity index (χ2v) is 6.38. The molecular formula is C20H24ClN3O2. The SMILES string of the molecule is CCCCOc1ccc(C(=O)N(CCc2ccc(Cl)cc2)C(=N)N)cc1. The maximum Gasteiger partial charge on any atom is 0.260 e. The fraction of sp³-hybridized carbons (Fsp3) is 0.300. The monoisotopic (exact) mass is 373 g/mol. The van der Waals surface area contributed by atoms with Crippen molar-refractivity contribution >= 4 is 23.5 Å². The number of hydrogen-bond donors (Lipinski definition) is 2. The standard InChI is InChI=1S/C20H24ClN3O2/c1-2-3-14-26-18-10-6-16(7-11-18)19(25)24(20(22)23)13-12-15-4-8-17(21)9-5-15/h4-11H,2-3,12-14H2,1H3,(H3,22,23). The molecule has 26 heavy (non-hydrogen) atoms. The van der Waals surface area contributed by atoms with E-state index < -0.39 is 0 Å². The fourth-order valence-electron chi connectivity index (χ4n) is 2.41. The van der Waals surface area contributed by atoms with E-state index >= 15 is 0 Å². The van der Waals surface area contributed by atoms with Crippen molar-refractivity contribution in [2.75, 3.05) is 13.2 Å². The highest BCUT2D eigenvalue weighted by Gasteiger charge is 2.18. The molecule has 1 amide bonds. The summed E-state index contributed by atoms with van der Waals surface area (Å²) in [6.45, 7) is 3.08. The Labute approximate surface area is 159 Å². The number of ether oxygens (including phenoxy) is 1. The van der Waals surface area contributed by atoms with Crippen LogP contribution in [0.4, 0.5) is 0 Å². The van der Waals surface area contributed by atoms with Gasteiger partial charge in [-0.15, -0.1) is 0 Å². The summed E-state index contributed by atoms with van der Waals surface area (Å²) in [4.78, 5) is 13.9. The summed E-state index contributed by atoms with van der Waals surface area (Å²) in [7, 11) is 0. The lowest BCUT2D eigenvalue weighted by Crippen LogP contribution is -2.42. The van der Waals surface area contributed by atoms with Crippen LogP contribution in [-0.2, 0) is 6.42 Å². The van der Waals surface area contributed by atoms with Crippen LogP contribution in [0.25, 0.3) is 0 Å². The van der Waals surface area contributed by atoms with Gasteiger partial charge in [0.1, 0.15) is 5.75 Å². The zero-order chi connectivity index (χ0) is 18.9.